The number of ether oxygens (including phenoxy) is 1. The highest BCUT2D eigenvalue weighted by Crippen LogP contribution is 2.30. The van der Waals surface area contributed by atoms with E-state index in [-0.39, 0.29) is 5.92 Å². The summed E-state index contributed by atoms with van der Waals surface area (Å²) in [7, 11) is 1.64. The number of nitrogens with one attached hydrogen (secondary N) is 1. The van der Waals surface area contributed by atoms with Crippen molar-refractivity contribution in [2.75, 3.05) is 12.4 Å². The Balaban J connectivity index is 2.35. The minimum absolute atomic E-state index is 0.238. The van der Waals surface area contributed by atoms with Crippen LogP contribution in [0.1, 0.15) is 25.3 Å². The quantitative estimate of drug-likeness (QED) is 0.858. The zero-order valence-corrected chi connectivity index (χ0v) is 11.9. The Morgan fingerprint density at radius 1 is 1.26 bits per heavy atom. The van der Waals surface area contributed by atoms with Gasteiger partial charge in [0.25, 0.3) is 0 Å². The van der Waals surface area contributed by atoms with Gasteiger partial charge in [-0.3, -0.25) is 0 Å². The molecule has 0 amide bonds. The lowest BCUT2D eigenvalue weighted by Crippen LogP contribution is -2.03. The second-order valence-electron chi connectivity index (χ2n) is 4.44. The van der Waals surface area contributed by atoms with E-state index in [0.29, 0.717) is 5.15 Å². The first-order chi connectivity index (χ1) is 9.11. The normalized spacial score (nSPS) is 10.6. The molecule has 1 heterocycles. The van der Waals surface area contributed by atoms with Crippen LogP contribution in [0.4, 0.5) is 11.5 Å². The van der Waals surface area contributed by atoms with Crippen molar-refractivity contribution in [2.24, 2.45) is 0 Å². The van der Waals surface area contributed by atoms with Gasteiger partial charge in [0.15, 0.2) is 0 Å². The lowest BCUT2D eigenvalue weighted by Gasteiger charge is -2.14. The van der Waals surface area contributed by atoms with Crippen LogP contribution in [0, 0.1) is 0 Å². The predicted octanol–water partition coefficient (Wildman–Crippen LogP) is 4.01. The molecule has 0 fully saturated rings. The maximum Gasteiger partial charge on any atom is 0.138 e. The maximum atomic E-state index is 6.13. The van der Waals surface area contributed by atoms with Crippen LogP contribution in [0.25, 0.3) is 0 Å². The van der Waals surface area contributed by atoms with E-state index < -0.39 is 0 Å². The van der Waals surface area contributed by atoms with E-state index in [1.807, 2.05) is 24.3 Å². The zero-order chi connectivity index (χ0) is 13.8. The third-order valence-corrected chi connectivity index (χ3v) is 3.05. The van der Waals surface area contributed by atoms with Crippen LogP contribution >= 0.6 is 11.6 Å². The highest BCUT2D eigenvalue weighted by atomic mass is 35.5. The van der Waals surface area contributed by atoms with Gasteiger partial charge in [0.2, 0.25) is 0 Å². The van der Waals surface area contributed by atoms with E-state index in [2.05, 4.69) is 29.1 Å². The largest absolute Gasteiger partial charge is 0.497 e. The summed E-state index contributed by atoms with van der Waals surface area (Å²) < 4.78 is 5.20. The first kappa shape index (κ1) is 13.6. The van der Waals surface area contributed by atoms with Gasteiger partial charge in [-0.05, 0) is 18.1 Å². The van der Waals surface area contributed by atoms with Gasteiger partial charge in [0.05, 0.1) is 7.11 Å². The van der Waals surface area contributed by atoms with Gasteiger partial charge in [-0.25, -0.2) is 9.97 Å². The SMILES string of the molecule is COc1cccc(Nc2ncnc(Cl)c2C(C)C)c1. The number of aromatic nitrogens is 2. The molecule has 2 rings (SSSR count). The van der Waals surface area contributed by atoms with Crippen molar-refractivity contribution in [3.8, 4) is 5.75 Å². The van der Waals surface area contributed by atoms with Crippen molar-refractivity contribution >= 4 is 23.1 Å². The van der Waals surface area contributed by atoms with Gasteiger partial charge in [-0.2, -0.15) is 0 Å². The van der Waals surface area contributed by atoms with Gasteiger partial charge in [0.1, 0.15) is 23.0 Å². The van der Waals surface area contributed by atoms with E-state index in [4.69, 9.17) is 16.3 Å². The monoisotopic (exact) mass is 277 g/mol. The second-order valence-corrected chi connectivity index (χ2v) is 4.80. The molecular formula is C14H16ClN3O. The molecule has 19 heavy (non-hydrogen) atoms. The van der Waals surface area contributed by atoms with Gasteiger partial charge in [-0.1, -0.05) is 31.5 Å². The fraction of sp³-hybridized carbons (Fsp3) is 0.286. The molecule has 2 aromatic rings. The zero-order valence-electron chi connectivity index (χ0n) is 11.1. The van der Waals surface area contributed by atoms with E-state index in [0.717, 1.165) is 22.8 Å². The molecule has 1 aromatic carbocycles. The van der Waals surface area contributed by atoms with Crippen LogP contribution in [-0.4, -0.2) is 17.1 Å². The molecule has 0 aliphatic carbocycles. The Hall–Kier alpha value is -1.81. The Bertz CT molecular complexity index is 572. The van der Waals surface area contributed by atoms with Crippen molar-refractivity contribution in [3.63, 3.8) is 0 Å². The predicted molar refractivity (Wildman–Crippen MR) is 77.4 cm³/mol. The maximum absolute atomic E-state index is 6.13. The molecule has 0 spiro atoms. The summed E-state index contributed by atoms with van der Waals surface area (Å²) in [5, 5.41) is 3.74. The number of anilines is 2. The molecule has 5 heteroatoms. The van der Waals surface area contributed by atoms with Gasteiger partial charge in [-0.15, -0.1) is 0 Å². The topological polar surface area (TPSA) is 47.0 Å². The minimum atomic E-state index is 0.238. The Labute approximate surface area is 117 Å². The van der Waals surface area contributed by atoms with Crippen LogP contribution in [0.2, 0.25) is 5.15 Å². The fourth-order valence-electron chi connectivity index (χ4n) is 1.82. The first-order valence-electron chi connectivity index (χ1n) is 6.03. The number of halogens is 1. The lowest BCUT2D eigenvalue weighted by molar-refractivity contribution is 0.415. The highest BCUT2D eigenvalue weighted by Gasteiger charge is 2.13. The molecule has 0 aliphatic heterocycles. The van der Waals surface area contributed by atoms with Crippen LogP contribution in [0.15, 0.2) is 30.6 Å². The minimum Gasteiger partial charge on any atom is -0.497 e. The number of methoxy groups -OCH3 is 1. The molecule has 0 saturated heterocycles. The summed E-state index contributed by atoms with van der Waals surface area (Å²) in [5.74, 6) is 1.75. The van der Waals surface area contributed by atoms with Crippen LogP contribution in [-0.2, 0) is 0 Å². The second kappa shape index (κ2) is 5.89. The molecule has 0 saturated carbocycles. The summed E-state index contributed by atoms with van der Waals surface area (Å²) >= 11 is 6.13. The van der Waals surface area contributed by atoms with Crippen LogP contribution in [0.3, 0.4) is 0 Å². The number of nitrogens with zero attached hydrogens (tertiary/aromatic N) is 2. The molecule has 0 atom stereocenters. The smallest absolute Gasteiger partial charge is 0.138 e. The molecular weight excluding hydrogens is 262 g/mol. The standard InChI is InChI=1S/C14H16ClN3O/c1-9(2)12-13(15)16-8-17-14(12)18-10-5-4-6-11(7-10)19-3/h4-9H,1-3H3,(H,16,17,18). The van der Waals surface area contributed by atoms with Crippen LogP contribution < -0.4 is 10.1 Å². The summed E-state index contributed by atoms with van der Waals surface area (Å²) in [5.41, 5.74) is 1.81. The lowest BCUT2D eigenvalue weighted by atomic mass is 10.1. The summed E-state index contributed by atoms with van der Waals surface area (Å²) in [6.07, 6.45) is 1.46. The van der Waals surface area contributed by atoms with Gasteiger partial charge in [0, 0.05) is 17.3 Å². The third kappa shape index (κ3) is 3.15. The highest BCUT2D eigenvalue weighted by molar-refractivity contribution is 6.30. The van der Waals surface area contributed by atoms with Gasteiger partial charge < -0.3 is 10.1 Å². The summed E-state index contributed by atoms with van der Waals surface area (Å²) in [6.45, 7) is 4.11. The summed E-state index contributed by atoms with van der Waals surface area (Å²) in [4.78, 5) is 8.29. The average Bonchev–Trinajstić information content (AvgIpc) is 2.38. The van der Waals surface area contributed by atoms with E-state index in [1.165, 1.54) is 6.33 Å². The summed E-state index contributed by atoms with van der Waals surface area (Å²) in [6, 6.07) is 7.66. The number of benzene rings is 1. The molecule has 4 nitrogen and oxygen atoms in total. The Kier molecular flexibility index (Phi) is 4.22. The average molecular weight is 278 g/mol. The molecule has 1 aromatic heterocycles. The van der Waals surface area contributed by atoms with E-state index in [1.54, 1.807) is 7.11 Å². The van der Waals surface area contributed by atoms with E-state index >= 15 is 0 Å². The van der Waals surface area contributed by atoms with Crippen molar-refractivity contribution in [2.45, 2.75) is 19.8 Å². The van der Waals surface area contributed by atoms with Crippen LogP contribution in [0.5, 0.6) is 5.75 Å². The van der Waals surface area contributed by atoms with Crippen molar-refractivity contribution < 1.29 is 4.74 Å². The molecule has 0 unspecified atom stereocenters. The van der Waals surface area contributed by atoms with Gasteiger partial charge >= 0.3 is 0 Å². The fourth-order valence-corrected chi connectivity index (χ4v) is 2.17. The first-order valence-corrected chi connectivity index (χ1v) is 6.41. The number of rotatable bonds is 4. The number of hydrogen-bond acceptors (Lipinski definition) is 4. The van der Waals surface area contributed by atoms with E-state index in [9.17, 15) is 0 Å². The molecule has 1 N–H and O–H groups in total. The Morgan fingerprint density at radius 2 is 2.05 bits per heavy atom. The number of hydrogen-bond donors (Lipinski definition) is 1. The van der Waals surface area contributed by atoms with Crippen molar-refractivity contribution in [1.29, 1.82) is 0 Å². The van der Waals surface area contributed by atoms with Crippen molar-refractivity contribution in [3.05, 3.63) is 41.3 Å². The molecule has 0 aliphatic rings. The molecule has 0 radical (unpaired) electrons. The molecule has 100 valence electrons. The molecule has 0 bridgehead atoms. The van der Waals surface area contributed by atoms with Crippen molar-refractivity contribution in [1.82, 2.24) is 9.97 Å². The Morgan fingerprint density at radius 3 is 2.74 bits per heavy atom. The third-order valence-electron chi connectivity index (χ3n) is 2.75.